The number of amides is 2. The molecule has 1 N–H and O–H groups in total. The van der Waals surface area contributed by atoms with Gasteiger partial charge in [0.05, 0.1) is 31.0 Å². The van der Waals surface area contributed by atoms with E-state index in [-0.39, 0.29) is 18.4 Å². The molecule has 2 aromatic carbocycles. The normalized spacial score (nSPS) is 12.8. The molecule has 0 bridgehead atoms. The van der Waals surface area contributed by atoms with Crippen LogP contribution in [-0.2, 0) is 11.2 Å². The molecule has 2 amide bonds. The van der Waals surface area contributed by atoms with E-state index in [1.165, 1.54) is 23.3 Å². The minimum Gasteiger partial charge on any atom is -0.452 e. The van der Waals surface area contributed by atoms with E-state index in [0.29, 0.717) is 40.6 Å². The predicted molar refractivity (Wildman–Crippen MR) is 161 cm³/mol. The smallest absolute Gasteiger partial charge is 0.415 e. The van der Waals surface area contributed by atoms with Crippen LogP contribution in [0.5, 0.6) is 0 Å². The minimum atomic E-state index is -1.10. The van der Waals surface area contributed by atoms with E-state index in [1.807, 2.05) is 63.1 Å². The van der Waals surface area contributed by atoms with E-state index in [2.05, 4.69) is 9.97 Å². The SMILES string of the molecule is CCN(C)c1nc2ccc(C(=O)N(CC(C)C)C[C@@H](O)[C@H](Cc3ccccc3)N(C(=O)OC)c3cncs3)cc2o1. The summed E-state index contributed by atoms with van der Waals surface area (Å²) >= 11 is 1.27. The molecule has 0 aliphatic carbocycles. The number of aliphatic hydroxyl groups is 1. The Morgan fingerprint density at radius 1 is 1.12 bits per heavy atom. The van der Waals surface area contributed by atoms with Gasteiger partial charge in [-0.15, -0.1) is 11.3 Å². The third-order valence-electron chi connectivity index (χ3n) is 6.80. The average Bonchev–Trinajstić information content (AvgIpc) is 3.66. The first-order valence-corrected chi connectivity index (χ1v) is 14.5. The zero-order valence-corrected chi connectivity index (χ0v) is 24.9. The molecule has 0 spiro atoms. The standard InChI is InChI=1S/C30H37N5O5S/c1-6-33(4)29-32-23-13-12-22(15-26(23)40-29)28(37)34(17-20(2)3)18-25(36)24(14-21-10-8-7-9-11-21)35(30(38)39-5)27-16-31-19-41-27/h7-13,15-16,19-20,24-25,36H,6,14,17-18H2,1-5H3/t24-,25+/m0/s1. The number of oxazole rings is 1. The zero-order valence-electron chi connectivity index (χ0n) is 24.1. The lowest BCUT2D eigenvalue weighted by Crippen LogP contribution is -2.53. The van der Waals surface area contributed by atoms with Crippen molar-refractivity contribution in [3.63, 3.8) is 0 Å². The molecule has 0 saturated carbocycles. The molecule has 2 atom stereocenters. The summed E-state index contributed by atoms with van der Waals surface area (Å²) in [7, 11) is 3.19. The van der Waals surface area contributed by atoms with Gasteiger partial charge < -0.3 is 24.1 Å². The first kappa shape index (κ1) is 30.0. The summed E-state index contributed by atoms with van der Waals surface area (Å²) in [5, 5.41) is 12.3. The fourth-order valence-corrected chi connectivity index (χ4v) is 5.30. The molecule has 2 aromatic heterocycles. The summed E-state index contributed by atoms with van der Waals surface area (Å²) in [6, 6.07) is 14.5. The molecule has 0 radical (unpaired) electrons. The van der Waals surface area contributed by atoms with Crippen LogP contribution in [0.2, 0.25) is 0 Å². The third-order valence-corrected chi connectivity index (χ3v) is 7.57. The van der Waals surface area contributed by atoms with Crippen LogP contribution < -0.4 is 9.80 Å². The Labute approximate surface area is 244 Å². The Morgan fingerprint density at radius 3 is 2.51 bits per heavy atom. The number of thiazole rings is 1. The number of aromatic nitrogens is 2. The Kier molecular flexibility index (Phi) is 9.95. The summed E-state index contributed by atoms with van der Waals surface area (Å²) in [5.41, 5.74) is 4.16. The Balaban J connectivity index is 1.65. The number of fused-ring (bicyclic) bond motifs is 1. The molecular formula is C30H37N5O5S. The number of methoxy groups -OCH3 is 1. The van der Waals surface area contributed by atoms with Crippen LogP contribution in [-0.4, -0.2) is 77.9 Å². The first-order valence-electron chi connectivity index (χ1n) is 13.6. The van der Waals surface area contributed by atoms with Crippen molar-refractivity contribution in [1.82, 2.24) is 14.9 Å². The second kappa shape index (κ2) is 13.6. The topological polar surface area (TPSA) is 112 Å². The van der Waals surface area contributed by atoms with E-state index in [1.54, 1.807) is 34.8 Å². The number of ether oxygens (including phenoxy) is 1. The van der Waals surface area contributed by atoms with Crippen LogP contribution in [0, 0.1) is 5.92 Å². The average molecular weight is 580 g/mol. The van der Waals surface area contributed by atoms with Crippen molar-refractivity contribution < 1.29 is 23.8 Å². The van der Waals surface area contributed by atoms with E-state index in [0.717, 1.165) is 12.1 Å². The Morgan fingerprint density at radius 2 is 1.88 bits per heavy atom. The second-order valence-corrected chi connectivity index (χ2v) is 11.2. The van der Waals surface area contributed by atoms with Crippen molar-refractivity contribution in [2.75, 3.05) is 43.6 Å². The van der Waals surface area contributed by atoms with Crippen molar-refractivity contribution in [1.29, 1.82) is 0 Å². The number of carbonyl (C=O) groups is 2. The molecule has 4 aromatic rings. The van der Waals surface area contributed by atoms with Gasteiger partial charge in [-0.3, -0.25) is 14.7 Å². The highest BCUT2D eigenvalue weighted by molar-refractivity contribution is 7.14. The van der Waals surface area contributed by atoms with Gasteiger partial charge in [-0.05, 0) is 43.0 Å². The largest absolute Gasteiger partial charge is 0.452 e. The molecule has 218 valence electrons. The number of aliphatic hydroxyl groups excluding tert-OH is 1. The van der Waals surface area contributed by atoms with Crippen molar-refractivity contribution in [2.45, 2.75) is 39.3 Å². The van der Waals surface area contributed by atoms with Gasteiger partial charge in [-0.2, -0.15) is 4.98 Å². The molecule has 10 nitrogen and oxygen atoms in total. The van der Waals surface area contributed by atoms with Gasteiger partial charge in [0.2, 0.25) is 0 Å². The fourth-order valence-electron chi connectivity index (χ4n) is 4.63. The van der Waals surface area contributed by atoms with Gasteiger partial charge in [0.15, 0.2) is 5.58 Å². The highest BCUT2D eigenvalue weighted by atomic mass is 32.1. The molecule has 41 heavy (non-hydrogen) atoms. The van der Waals surface area contributed by atoms with E-state index in [9.17, 15) is 14.7 Å². The molecule has 0 fully saturated rings. The van der Waals surface area contributed by atoms with Gasteiger partial charge in [0.1, 0.15) is 10.5 Å². The predicted octanol–water partition coefficient (Wildman–Crippen LogP) is 5.08. The molecule has 0 unspecified atom stereocenters. The molecular weight excluding hydrogens is 542 g/mol. The third kappa shape index (κ3) is 7.22. The van der Waals surface area contributed by atoms with E-state index in [4.69, 9.17) is 9.15 Å². The maximum absolute atomic E-state index is 13.9. The fraction of sp³-hybridized carbons (Fsp3) is 0.400. The van der Waals surface area contributed by atoms with Gasteiger partial charge in [-0.25, -0.2) is 4.79 Å². The van der Waals surface area contributed by atoms with Gasteiger partial charge >= 0.3 is 6.09 Å². The lowest BCUT2D eigenvalue weighted by molar-refractivity contribution is 0.0535. The number of carbonyl (C=O) groups excluding carboxylic acids is 2. The van der Waals surface area contributed by atoms with Crippen LogP contribution in [0.15, 0.2) is 64.7 Å². The number of nitrogens with zero attached hydrogens (tertiary/aromatic N) is 5. The maximum Gasteiger partial charge on any atom is 0.415 e. The Bertz CT molecular complexity index is 1430. The lowest BCUT2D eigenvalue weighted by Gasteiger charge is -2.36. The second-order valence-electron chi connectivity index (χ2n) is 10.3. The summed E-state index contributed by atoms with van der Waals surface area (Å²) in [4.78, 5) is 40.5. The number of benzene rings is 2. The van der Waals surface area contributed by atoms with E-state index < -0.39 is 18.2 Å². The molecule has 4 rings (SSSR count). The monoisotopic (exact) mass is 579 g/mol. The summed E-state index contributed by atoms with van der Waals surface area (Å²) in [5.74, 6) is -0.113. The maximum atomic E-state index is 13.9. The molecule has 0 aliphatic rings. The van der Waals surface area contributed by atoms with Crippen molar-refractivity contribution in [3.8, 4) is 0 Å². The molecule has 0 aliphatic heterocycles. The van der Waals surface area contributed by atoms with Gasteiger partial charge in [-0.1, -0.05) is 44.2 Å². The highest BCUT2D eigenvalue weighted by Gasteiger charge is 2.35. The molecule has 0 saturated heterocycles. The van der Waals surface area contributed by atoms with Crippen LogP contribution in [0.25, 0.3) is 11.1 Å². The lowest BCUT2D eigenvalue weighted by atomic mass is 9.98. The zero-order chi connectivity index (χ0) is 29.5. The van der Waals surface area contributed by atoms with Crippen LogP contribution in [0.4, 0.5) is 15.8 Å². The molecule has 2 heterocycles. The highest BCUT2D eigenvalue weighted by Crippen LogP contribution is 2.28. The number of anilines is 2. The first-order chi connectivity index (χ1) is 19.7. The molecule has 11 heteroatoms. The Hall–Kier alpha value is -3.96. The minimum absolute atomic E-state index is 0.000917. The van der Waals surface area contributed by atoms with Crippen LogP contribution in [0.3, 0.4) is 0 Å². The van der Waals surface area contributed by atoms with Crippen molar-refractivity contribution >= 4 is 45.5 Å². The van der Waals surface area contributed by atoms with Crippen LogP contribution in [0.1, 0.15) is 36.7 Å². The number of hydrogen-bond donors (Lipinski definition) is 1. The van der Waals surface area contributed by atoms with Crippen molar-refractivity contribution in [2.24, 2.45) is 5.92 Å². The van der Waals surface area contributed by atoms with E-state index >= 15 is 0 Å². The van der Waals surface area contributed by atoms with Gasteiger partial charge in [0, 0.05) is 32.2 Å². The number of hydrogen-bond acceptors (Lipinski definition) is 9. The quantitative estimate of drug-likeness (QED) is 0.247. The van der Waals surface area contributed by atoms with Crippen LogP contribution >= 0.6 is 11.3 Å². The summed E-state index contributed by atoms with van der Waals surface area (Å²) in [6.45, 7) is 7.16. The van der Waals surface area contributed by atoms with Gasteiger partial charge in [0.25, 0.3) is 11.9 Å². The number of rotatable bonds is 12. The summed E-state index contributed by atoms with van der Waals surface area (Å²) in [6.07, 6.45) is 0.203. The summed E-state index contributed by atoms with van der Waals surface area (Å²) < 4.78 is 11.0. The van der Waals surface area contributed by atoms with Crippen molar-refractivity contribution in [3.05, 3.63) is 71.4 Å².